The van der Waals surface area contributed by atoms with E-state index in [2.05, 4.69) is 25.6 Å². The molecule has 0 aliphatic carbocycles. The van der Waals surface area contributed by atoms with Crippen molar-refractivity contribution in [1.29, 1.82) is 0 Å². The largest absolute Gasteiger partial charge is 0.478 e. The van der Waals surface area contributed by atoms with Crippen LogP contribution in [-0.2, 0) is 4.74 Å². The summed E-state index contributed by atoms with van der Waals surface area (Å²) in [5, 5.41) is 15.5. The summed E-state index contributed by atoms with van der Waals surface area (Å²) in [5.41, 5.74) is 1.61. The molecule has 148 valence electrons. The lowest BCUT2D eigenvalue weighted by atomic mass is 10.2. The SMILES string of the molecule is O=C(O)c1cccc(Nc2nc(Nc3ccccc3)nc(N3CCOCC3)n2)c1. The summed E-state index contributed by atoms with van der Waals surface area (Å²) in [6, 6.07) is 16.1. The van der Waals surface area contributed by atoms with Gasteiger partial charge in [0.25, 0.3) is 0 Å². The maximum Gasteiger partial charge on any atom is 0.335 e. The number of carbonyl (C=O) groups is 1. The van der Waals surface area contributed by atoms with E-state index in [-0.39, 0.29) is 5.56 Å². The second-order valence-corrected chi connectivity index (χ2v) is 6.38. The lowest BCUT2D eigenvalue weighted by molar-refractivity contribution is 0.0697. The maximum absolute atomic E-state index is 11.2. The van der Waals surface area contributed by atoms with Gasteiger partial charge in [-0.2, -0.15) is 15.0 Å². The molecule has 9 heteroatoms. The van der Waals surface area contributed by atoms with Crippen molar-refractivity contribution in [2.45, 2.75) is 0 Å². The van der Waals surface area contributed by atoms with Crippen molar-refractivity contribution in [3.63, 3.8) is 0 Å². The lowest BCUT2D eigenvalue weighted by Crippen LogP contribution is -2.37. The van der Waals surface area contributed by atoms with Crippen molar-refractivity contribution in [3.8, 4) is 0 Å². The number of hydrogen-bond acceptors (Lipinski definition) is 8. The number of rotatable bonds is 6. The van der Waals surface area contributed by atoms with E-state index in [1.807, 2.05) is 35.2 Å². The van der Waals surface area contributed by atoms with E-state index in [0.29, 0.717) is 49.8 Å². The Morgan fingerprint density at radius 2 is 1.55 bits per heavy atom. The molecule has 29 heavy (non-hydrogen) atoms. The molecule has 1 saturated heterocycles. The Bertz CT molecular complexity index is 993. The third kappa shape index (κ3) is 4.77. The molecule has 1 aliphatic rings. The van der Waals surface area contributed by atoms with Gasteiger partial charge >= 0.3 is 5.97 Å². The summed E-state index contributed by atoms with van der Waals surface area (Å²) in [7, 11) is 0. The Morgan fingerprint density at radius 3 is 2.24 bits per heavy atom. The zero-order valence-corrected chi connectivity index (χ0v) is 15.6. The van der Waals surface area contributed by atoms with Crippen molar-refractivity contribution in [1.82, 2.24) is 15.0 Å². The van der Waals surface area contributed by atoms with Crippen LogP contribution in [0, 0.1) is 0 Å². The number of carboxylic acid groups (broad SMARTS) is 1. The van der Waals surface area contributed by atoms with Crippen molar-refractivity contribution in [2.24, 2.45) is 0 Å². The number of ether oxygens (including phenoxy) is 1. The lowest BCUT2D eigenvalue weighted by Gasteiger charge is -2.27. The highest BCUT2D eigenvalue weighted by atomic mass is 16.5. The number of benzene rings is 2. The molecule has 0 atom stereocenters. The van der Waals surface area contributed by atoms with Crippen LogP contribution in [0.5, 0.6) is 0 Å². The number of nitrogens with zero attached hydrogens (tertiary/aromatic N) is 4. The minimum absolute atomic E-state index is 0.181. The van der Waals surface area contributed by atoms with E-state index in [1.165, 1.54) is 12.1 Å². The van der Waals surface area contributed by atoms with Gasteiger partial charge in [0, 0.05) is 24.5 Å². The normalized spacial score (nSPS) is 13.7. The molecule has 1 aromatic heterocycles. The third-order valence-corrected chi connectivity index (χ3v) is 4.31. The van der Waals surface area contributed by atoms with E-state index in [0.717, 1.165) is 5.69 Å². The van der Waals surface area contributed by atoms with Crippen LogP contribution in [0.3, 0.4) is 0 Å². The number of anilines is 5. The molecule has 0 spiro atoms. The van der Waals surface area contributed by atoms with Gasteiger partial charge in [-0.05, 0) is 30.3 Å². The number of aromatic carboxylic acids is 1. The Balaban J connectivity index is 1.65. The molecule has 1 fully saturated rings. The summed E-state index contributed by atoms with van der Waals surface area (Å²) in [6.45, 7) is 2.58. The molecule has 0 radical (unpaired) electrons. The number of nitrogens with one attached hydrogen (secondary N) is 2. The molecule has 1 aliphatic heterocycles. The smallest absolute Gasteiger partial charge is 0.335 e. The molecule has 2 aromatic carbocycles. The van der Waals surface area contributed by atoms with Gasteiger partial charge in [0.15, 0.2) is 0 Å². The number of hydrogen-bond donors (Lipinski definition) is 3. The fourth-order valence-electron chi connectivity index (χ4n) is 2.89. The molecule has 0 amide bonds. The number of carboxylic acids is 1. The molecular formula is C20H20N6O3. The minimum atomic E-state index is -0.996. The maximum atomic E-state index is 11.2. The second kappa shape index (κ2) is 8.53. The number of morpholine rings is 1. The first kappa shape index (κ1) is 18.6. The van der Waals surface area contributed by atoms with Crippen molar-refractivity contribution in [3.05, 3.63) is 60.2 Å². The van der Waals surface area contributed by atoms with Crippen molar-refractivity contribution >= 4 is 35.2 Å². The van der Waals surface area contributed by atoms with Crippen molar-refractivity contribution in [2.75, 3.05) is 41.8 Å². The molecule has 9 nitrogen and oxygen atoms in total. The van der Waals surface area contributed by atoms with E-state index >= 15 is 0 Å². The first-order valence-electron chi connectivity index (χ1n) is 9.18. The Kier molecular flexibility index (Phi) is 5.48. The molecule has 4 rings (SSSR count). The molecule has 0 unspecified atom stereocenters. The summed E-state index contributed by atoms with van der Waals surface area (Å²) in [5.74, 6) is 0.246. The summed E-state index contributed by atoms with van der Waals surface area (Å²) >= 11 is 0. The van der Waals surface area contributed by atoms with Gasteiger partial charge in [-0.25, -0.2) is 4.79 Å². The van der Waals surface area contributed by atoms with Crippen LogP contribution in [0.2, 0.25) is 0 Å². The highest BCUT2D eigenvalue weighted by Gasteiger charge is 2.17. The minimum Gasteiger partial charge on any atom is -0.478 e. The van der Waals surface area contributed by atoms with Crippen LogP contribution < -0.4 is 15.5 Å². The first-order chi connectivity index (χ1) is 14.2. The van der Waals surface area contributed by atoms with E-state index in [9.17, 15) is 9.90 Å². The summed E-state index contributed by atoms with van der Waals surface area (Å²) < 4.78 is 5.41. The Morgan fingerprint density at radius 1 is 0.897 bits per heavy atom. The Hall–Kier alpha value is -3.72. The molecule has 0 bridgehead atoms. The highest BCUT2D eigenvalue weighted by Crippen LogP contribution is 2.21. The van der Waals surface area contributed by atoms with Crippen LogP contribution in [0.15, 0.2) is 54.6 Å². The van der Waals surface area contributed by atoms with Gasteiger partial charge in [0.2, 0.25) is 17.8 Å². The van der Waals surface area contributed by atoms with Gasteiger partial charge in [-0.15, -0.1) is 0 Å². The predicted molar refractivity (Wildman–Crippen MR) is 109 cm³/mol. The van der Waals surface area contributed by atoms with Crippen LogP contribution in [0.4, 0.5) is 29.2 Å². The molecular weight excluding hydrogens is 372 g/mol. The van der Waals surface area contributed by atoms with Gasteiger partial charge in [0.1, 0.15) is 0 Å². The average molecular weight is 392 g/mol. The van der Waals surface area contributed by atoms with Gasteiger partial charge < -0.3 is 25.4 Å². The fraction of sp³-hybridized carbons (Fsp3) is 0.200. The summed E-state index contributed by atoms with van der Waals surface area (Å²) in [4.78, 5) is 26.8. The van der Waals surface area contributed by atoms with Crippen LogP contribution in [0.25, 0.3) is 0 Å². The second-order valence-electron chi connectivity index (χ2n) is 6.38. The summed E-state index contributed by atoms with van der Waals surface area (Å²) in [6.07, 6.45) is 0. The Labute approximate surface area is 167 Å². The van der Waals surface area contributed by atoms with E-state index in [1.54, 1.807) is 12.1 Å². The number of para-hydroxylation sites is 1. The van der Waals surface area contributed by atoms with Crippen LogP contribution >= 0.6 is 0 Å². The molecule has 0 saturated carbocycles. The quantitative estimate of drug-likeness (QED) is 0.583. The number of aromatic nitrogens is 3. The standard InChI is InChI=1S/C20H20N6O3/c27-17(28)14-5-4-8-16(13-14)22-19-23-18(21-15-6-2-1-3-7-15)24-20(25-19)26-9-11-29-12-10-26/h1-8,13H,9-12H2,(H,27,28)(H2,21,22,23,24,25). The van der Waals surface area contributed by atoms with Crippen LogP contribution in [0.1, 0.15) is 10.4 Å². The third-order valence-electron chi connectivity index (χ3n) is 4.31. The van der Waals surface area contributed by atoms with E-state index < -0.39 is 5.97 Å². The molecule has 2 heterocycles. The zero-order chi connectivity index (χ0) is 20.1. The zero-order valence-electron chi connectivity index (χ0n) is 15.6. The van der Waals surface area contributed by atoms with E-state index in [4.69, 9.17) is 4.74 Å². The predicted octanol–water partition coefficient (Wildman–Crippen LogP) is 2.89. The molecule has 3 N–H and O–H groups in total. The van der Waals surface area contributed by atoms with Gasteiger partial charge in [0.05, 0.1) is 18.8 Å². The topological polar surface area (TPSA) is 112 Å². The monoisotopic (exact) mass is 392 g/mol. The fourth-order valence-corrected chi connectivity index (χ4v) is 2.89. The van der Waals surface area contributed by atoms with Crippen molar-refractivity contribution < 1.29 is 14.6 Å². The first-order valence-corrected chi connectivity index (χ1v) is 9.18. The average Bonchev–Trinajstić information content (AvgIpc) is 2.75. The van der Waals surface area contributed by atoms with Gasteiger partial charge in [-0.1, -0.05) is 24.3 Å². The highest BCUT2D eigenvalue weighted by molar-refractivity contribution is 5.89. The molecule has 3 aromatic rings. The van der Waals surface area contributed by atoms with Gasteiger partial charge in [-0.3, -0.25) is 0 Å². The van der Waals surface area contributed by atoms with Crippen LogP contribution in [-0.4, -0.2) is 52.3 Å².